The van der Waals surface area contributed by atoms with Gasteiger partial charge in [0, 0.05) is 0 Å². The van der Waals surface area contributed by atoms with Crippen molar-refractivity contribution in [3.8, 4) is 0 Å². The number of rotatable bonds is 2. The van der Waals surface area contributed by atoms with Crippen LogP contribution in [0.4, 0.5) is 0 Å². The predicted molar refractivity (Wildman–Crippen MR) is 35.4 cm³/mol. The van der Waals surface area contributed by atoms with E-state index in [4.69, 9.17) is 0 Å². The Bertz CT molecular complexity index is 15.0. The van der Waals surface area contributed by atoms with E-state index in [1.165, 1.54) is 44.4 Å². The van der Waals surface area contributed by atoms with Gasteiger partial charge in [0.25, 0.3) is 0 Å². The van der Waals surface area contributed by atoms with Gasteiger partial charge in [-0.1, -0.05) is 0 Å². The monoisotopic (exact) mass is 94.1 g/mol. The molecule has 0 aliphatic heterocycles. The molecule has 0 aliphatic rings. The molecule has 32 valence electrons. The summed E-state index contributed by atoms with van der Waals surface area (Å²) >= 11 is 1.40. The zero-order chi connectivity index (χ0) is 4.12. The van der Waals surface area contributed by atoms with Crippen molar-refractivity contribution in [1.82, 2.24) is 0 Å². The zero-order valence-corrected chi connectivity index (χ0v) is 6.12. The van der Waals surface area contributed by atoms with Gasteiger partial charge in [0.1, 0.15) is 0 Å². The minimum absolute atomic E-state index is 0. The molecule has 6 heavy (non-hydrogen) atoms. The molecule has 0 unspecified atom stereocenters. The maximum absolute atomic E-state index is 2.23. The number of hydrogen-bond donors (Lipinski definition) is 0. The molecule has 0 aromatic heterocycles. The van der Waals surface area contributed by atoms with E-state index in [2.05, 4.69) is 6.92 Å². The first kappa shape index (κ1) is 10.1. The van der Waals surface area contributed by atoms with Crippen LogP contribution < -0.4 is 0 Å². The summed E-state index contributed by atoms with van der Waals surface area (Å²) in [6, 6.07) is 0. The molecular formula is C4H12BNa. The van der Waals surface area contributed by atoms with Gasteiger partial charge in [-0.15, -0.1) is 0 Å². The predicted octanol–water partition coefficient (Wildman–Crippen LogP) is 0.189. The van der Waals surface area contributed by atoms with Crippen LogP contribution in [0.3, 0.4) is 0 Å². The molecule has 0 aromatic carbocycles. The summed E-state index contributed by atoms with van der Waals surface area (Å²) < 4.78 is 1.48. The van der Waals surface area contributed by atoms with E-state index >= 15 is 0 Å². The second-order valence-corrected chi connectivity index (χ2v) is 2.35. The molecule has 0 radical (unpaired) electrons. The summed E-state index contributed by atoms with van der Waals surface area (Å²) in [6.07, 6.45) is 2.83. The normalized spacial score (nSPS) is 7.17. The molecule has 0 rings (SSSR count). The van der Waals surface area contributed by atoms with Gasteiger partial charge in [-0.3, -0.25) is 0 Å². The molecule has 0 bridgehead atoms. The molecule has 0 fully saturated rings. The van der Waals surface area contributed by atoms with E-state index in [0.29, 0.717) is 0 Å². The van der Waals surface area contributed by atoms with Crippen LogP contribution >= 0.6 is 0 Å². The van der Waals surface area contributed by atoms with E-state index in [1.807, 2.05) is 0 Å². The SMILES string of the molecule is B.CCC[CH2][Na]. The molecule has 0 saturated heterocycles. The average molecular weight is 93.9 g/mol. The number of hydrogen-bond acceptors (Lipinski definition) is 0. The summed E-state index contributed by atoms with van der Waals surface area (Å²) in [4.78, 5) is 0. The van der Waals surface area contributed by atoms with Gasteiger partial charge in [-0.2, -0.15) is 0 Å². The van der Waals surface area contributed by atoms with Gasteiger partial charge >= 0.3 is 51.4 Å². The van der Waals surface area contributed by atoms with E-state index in [0.717, 1.165) is 0 Å². The second kappa shape index (κ2) is 9.42. The molecule has 0 atom stereocenters. The van der Waals surface area contributed by atoms with Crippen LogP contribution in [0.5, 0.6) is 0 Å². The summed E-state index contributed by atoms with van der Waals surface area (Å²) in [6.45, 7) is 2.23. The van der Waals surface area contributed by atoms with Gasteiger partial charge in [-0.05, 0) is 0 Å². The number of unbranched alkanes of at least 4 members (excludes halogenated alkanes) is 1. The van der Waals surface area contributed by atoms with Crippen molar-refractivity contribution in [3.63, 3.8) is 0 Å². The zero-order valence-electron chi connectivity index (χ0n) is 4.12. The molecule has 0 nitrogen and oxygen atoms in total. The Morgan fingerprint density at radius 3 is 2.00 bits per heavy atom. The Balaban J connectivity index is 0. The van der Waals surface area contributed by atoms with Crippen molar-refractivity contribution in [2.75, 3.05) is 0 Å². The molecule has 0 heterocycles. The third-order valence-electron chi connectivity index (χ3n) is 0.707. The van der Waals surface area contributed by atoms with E-state index < -0.39 is 0 Å². The van der Waals surface area contributed by atoms with Crippen molar-refractivity contribution in [1.29, 1.82) is 0 Å². The second-order valence-electron chi connectivity index (χ2n) is 1.35. The fourth-order valence-corrected chi connectivity index (χ4v) is 1.06. The molecule has 0 spiro atoms. The van der Waals surface area contributed by atoms with Crippen molar-refractivity contribution >= 4 is 36.3 Å². The molecule has 2 heteroatoms. The maximum atomic E-state index is 2.23. The Hall–Kier alpha value is 1.06. The summed E-state index contributed by atoms with van der Waals surface area (Å²) in [5.41, 5.74) is 0. The average Bonchev–Trinajstić information content (AvgIpc) is 1.41. The fraction of sp³-hybridized carbons (Fsp3) is 1.00. The van der Waals surface area contributed by atoms with Crippen LogP contribution in [0.15, 0.2) is 0 Å². The van der Waals surface area contributed by atoms with Gasteiger partial charge in [0.15, 0.2) is 0 Å². The molecular weight excluding hydrogens is 81.8 g/mol. The Morgan fingerprint density at radius 2 is 2.00 bits per heavy atom. The first-order chi connectivity index (χ1) is 2.41. The van der Waals surface area contributed by atoms with Crippen LogP contribution in [0.1, 0.15) is 19.8 Å². The van der Waals surface area contributed by atoms with Crippen LogP contribution in [0, 0.1) is 0 Å². The Morgan fingerprint density at radius 1 is 1.50 bits per heavy atom. The third-order valence-corrected chi connectivity index (χ3v) is 1.41. The third kappa shape index (κ3) is 8.91. The summed E-state index contributed by atoms with van der Waals surface area (Å²) in [5.74, 6) is 0. The quantitative estimate of drug-likeness (QED) is 0.428. The van der Waals surface area contributed by atoms with Gasteiger partial charge in [-0.25, -0.2) is 0 Å². The molecule has 0 saturated carbocycles. The Kier molecular flexibility index (Phi) is 15.9. The van der Waals surface area contributed by atoms with Gasteiger partial charge < -0.3 is 0 Å². The fourth-order valence-electron chi connectivity index (χ4n) is 0.354. The van der Waals surface area contributed by atoms with Gasteiger partial charge in [0.2, 0.25) is 0 Å². The van der Waals surface area contributed by atoms with E-state index in [1.54, 1.807) is 0 Å². The van der Waals surface area contributed by atoms with Crippen molar-refractivity contribution in [2.45, 2.75) is 23.4 Å². The first-order valence-electron chi connectivity index (χ1n) is 2.41. The topological polar surface area (TPSA) is 0 Å². The van der Waals surface area contributed by atoms with Gasteiger partial charge in [0.05, 0.1) is 8.41 Å². The summed E-state index contributed by atoms with van der Waals surface area (Å²) in [5, 5.41) is 0. The molecule has 0 amide bonds. The summed E-state index contributed by atoms with van der Waals surface area (Å²) in [7, 11) is 0. The first-order valence-corrected chi connectivity index (χ1v) is 3.83. The minimum atomic E-state index is 0. The Labute approximate surface area is 59.7 Å². The van der Waals surface area contributed by atoms with E-state index in [9.17, 15) is 0 Å². The standard InChI is InChI=1S/C4H9.BH3.Na/c1-3-4-2;;/h1,3-4H2,2H3;1H3;. The van der Waals surface area contributed by atoms with Crippen LogP contribution in [0.25, 0.3) is 0 Å². The van der Waals surface area contributed by atoms with Crippen molar-refractivity contribution in [3.05, 3.63) is 0 Å². The molecule has 0 aliphatic carbocycles. The van der Waals surface area contributed by atoms with E-state index in [-0.39, 0.29) is 8.41 Å². The van der Waals surface area contributed by atoms with Crippen LogP contribution in [-0.4, -0.2) is 36.3 Å². The molecule has 0 N–H and O–H groups in total. The van der Waals surface area contributed by atoms with Crippen molar-refractivity contribution in [2.24, 2.45) is 0 Å². The van der Waals surface area contributed by atoms with Crippen LogP contribution in [0.2, 0.25) is 3.67 Å². The van der Waals surface area contributed by atoms with Crippen molar-refractivity contribution < 1.29 is 0 Å². The van der Waals surface area contributed by atoms with Crippen LogP contribution in [-0.2, 0) is 0 Å². The molecule has 0 aromatic rings.